The van der Waals surface area contributed by atoms with Crippen molar-refractivity contribution in [3.8, 4) is 39.4 Å². The van der Waals surface area contributed by atoms with Gasteiger partial charge in [0.1, 0.15) is 11.3 Å². The number of nitrogens with one attached hydrogen (secondary N) is 1. The lowest BCUT2D eigenvalue weighted by molar-refractivity contribution is -0.191. The summed E-state index contributed by atoms with van der Waals surface area (Å²) in [6.07, 6.45) is 1.68. The van der Waals surface area contributed by atoms with Gasteiger partial charge in [-0.1, -0.05) is 59.6 Å². The second-order valence-electron chi connectivity index (χ2n) is 14.1. The van der Waals surface area contributed by atoms with Crippen molar-refractivity contribution in [2.45, 2.75) is 32.0 Å². The highest BCUT2D eigenvalue weighted by atomic mass is 35.5. The van der Waals surface area contributed by atoms with Crippen LogP contribution in [-0.4, -0.2) is 92.1 Å². The Balaban J connectivity index is 1.06. The number of ether oxygens (including phenoxy) is 2. The maximum atomic E-state index is 13.5. The van der Waals surface area contributed by atoms with E-state index in [4.69, 9.17) is 42.8 Å². The third-order valence-electron chi connectivity index (χ3n) is 10.4. The molecule has 8 rings (SSSR count). The first-order valence-electron chi connectivity index (χ1n) is 17.3. The summed E-state index contributed by atoms with van der Waals surface area (Å²) in [6.45, 7) is 4.23. The third-order valence-corrected chi connectivity index (χ3v) is 11.2. The van der Waals surface area contributed by atoms with Crippen LogP contribution in [0.4, 0.5) is 4.79 Å². The van der Waals surface area contributed by atoms with Crippen LogP contribution in [0.5, 0.6) is 5.88 Å². The van der Waals surface area contributed by atoms with Crippen LogP contribution < -0.4 is 15.6 Å². The van der Waals surface area contributed by atoms with E-state index in [2.05, 4.69) is 10.2 Å². The number of methoxy groups -OCH3 is 1. The Kier molecular flexibility index (Phi) is 9.13. The number of rotatable bonds is 10. The second-order valence-corrected chi connectivity index (χ2v) is 14.9. The van der Waals surface area contributed by atoms with Gasteiger partial charge in [0.25, 0.3) is 5.56 Å². The van der Waals surface area contributed by atoms with Crippen LogP contribution in [0.1, 0.15) is 24.2 Å². The Labute approximate surface area is 314 Å². The number of carboxylic acid groups (broad SMARTS) is 1. The molecule has 3 aliphatic heterocycles. The number of hydrogen-bond donors (Lipinski definition) is 2. The normalized spacial score (nSPS) is 17.8. The summed E-state index contributed by atoms with van der Waals surface area (Å²) in [7, 11) is 3.23. The van der Waals surface area contributed by atoms with E-state index in [-0.39, 0.29) is 41.9 Å². The highest BCUT2D eigenvalue weighted by Gasteiger charge is 2.49. The number of carbonyl (C=O) groups excluding carboxylic acids is 1. The smallest absolute Gasteiger partial charge is 0.407 e. The minimum atomic E-state index is -1.11. The highest BCUT2D eigenvalue weighted by molar-refractivity contribution is 6.39. The largest absolute Gasteiger partial charge is 0.481 e. The van der Waals surface area contributed by atoms with Crippen LogP contribution in [0, 0.1) is 5.41 Å². The predicted octanol–water partition coefficient (Wildman–Crippen LogP) is 5.34. The number of halogens is 2. The molecule has 2 N–H and O–H groups in total. The molecule has 6 heterocycles. The van der Waals surface area contributed by atoms with Crippen LogP contribution in [0.15, 0.2) is 65.6 Å². The molecule has 2 aromatic carbocycles. The van der Waals surface area contributed by atoms with Crippen molar-refractivity contribution < 1.29 is 24.2 Å². The van der Waals surface area contributed by atoms with Gasteiger partial charge < -0.3 is 24.8 Å². The quantitative estimate of drug-likeness (QED) is 0.193. The fraction of sp³-hybridized carbons (Fsp3) is 0.342. The van der Waals surface area contributed by atoms with Gasteiger partial charge in [-0.15, -0.1) is 0 Å². The van der Waals surface area contributed by atoms with Crippen LogP contribution in [0.3, 0.4) is 0 Å². The third kappa shape index (κ3) is 6.52. The van der Waals surface area contributed by atoms with E-state index < -0.39 is 6.09 Å². The summed E-state index contributed by atoms with van der Waals surface area (Å²) in [5, 5.41) is 18.4. The second kappa shape index (κ2) is 13.8. The van der Waals surface area contributed by atoms with E-state index in [0.717, 1.165) is 37.4 Å². The molecule has 0 saturated carbocycles. The summed E-state index contributed by atoms with van der Waals surface area (Å²) in [5.41, 5.74) is 5.14. The molecule has 1 spiro atoms. The average Bonchev–Trinajstić information content (AvgIpc) is 3.73. The fourth-order valence-electron chi connectivity index (χ4n) is 7.56. The lowest BCUT2D eigenvalue weighted by Crippen LogP contribution is -2.65. The Bertz CT molecular complexity index is 2330. The maximum absolute atomic E-state index is 13.5. The van der Waals surface area contributed by atoms with Gasteiger partial charge in [-0.05, 0) is 24.6 Å². The minimum absolute atomic E-state index is 0.0290. The zero-order chi connectivity index (χ0) is 37.0. The molecule has 3 saturated heterocycles. The van der Waals surface area contributed by atoms with Crippen molar-refractivity contribution in [2.24, 2.45) is 12.5 Å². The zero-order valence-electron chi connectivity index (χ0n) is 29.1. The molecule has 1 atom stereocenters. The van der Waals surface area contributed by atoms with E-state index in [0.29, 0.717) is 68.7 Å². The molecular weight excluding hydrogens is 721 g/mol. The molecule has 15 heteroatoms. The number of benzene rings is 2. The first kappa shape index (κ1) is 35.1. The molecule has 3 fully saturated rings. The van der Waals surface area contributed by atoms with Gasteiger partial charge in [0, 0.05) is 84.1 Å². The van der Waals surface area contributed by atoms with Crippen molar-refractivity contribution in [1.29, 1.82) is 0 Å². The molecule has 0 radical (unpaired) electrons. The number of carbonyl (C=O) groups is 2. The molecule has 0 aliphatic carbocycles. The number of aromatic nitrogens is 4. The zero-order valence-corrected chi connectivity index (χ0v) is 30.7. The van der Waals surface area contributed by atoms with E-state index in [1.54, 1.807) is 34.3 Å². The molecule has 3 aliphatic rings. The summed E-state index contributed by atoms with van der Waals surface area (Å²) >= 11 is 14.2. The highest BCUT2D eigenvalue weighted by Crippen LogP contribution is 2.43. The molecule has 2 amide bonds. The maximum Gasteiger partial charge on any atom is 0.407 e. The first-order chi connectivity index (χ1) is 25.5. The number of fused-ring (bicyclic) bond motifs is 1. The van der Waals surface area contributed by atoms with Crippen molar-refractivity contribution in [1.82, 2.24) is 34.3 Å². The molecular formula is C38H37Cl2N7O6. The number of pyridine rings is 1. The van der Waals surface area contributed by atoms with Gasteiger partial charge in [-0.3, -0.25) is 19.1 Å². The van der Waals surface area contributed by atoms with Crippen molar-refractivity contribution in [3.63, 3.8) is 0 Å². The van der Waals surface area contributed by atoms with Crippen molar-refractivity contribution >= 4 is 40.7 Å². The van der Waals surface area contributed by atoms with Gasteiger partial charge in [0.15, 0.2) is 0 Å². The lowest BCUT2D eigenvalue weighted by Gasteiger charge is -2.55. The monoisotopic (exact) mass is 757 g/mol. The Morgan fingerprint density at radius 1 is 1.06 bits per heavy atom. The number of amides is 2. The van der Waals surface area contributed by atoms with Gasteiger partial charge >= 0.3 is 6.09 Å². The molecule has 53 heavy (non-hydrogen) atoms. The van der Waals surface area contributed by atoms with Crippen LogP contribution in [0.25, 0.3) is 39.0 Å². The Morgan fingerprint density at radius 2 is 1.75 bits per heavy atom. The van der Waals surface area contributed by atoms with Gasteiger partial charge in [-0.25, -0.2) is 14.3 Å². The summed E-state index contributed by atoms with van der Waals surface area (Å²) in [5.74, 6) is 0.861. The predicted molar refractivity (Wildman–Crippen MR) is 199 cm³/mol. The van der Waals surface area contributed by atoms with Crippen molar-refractivity contribution in [3.05, 3.63) is 92.6 Å². The average molecular weight is 759 g/mol. The Morgan fingerprint density at radius 3 is 2.40 bits per heavy atom. The van der Waals surface area contributed by atoms with Crippen molar-refractivity contribution in [2.75, 3.05) is 40.0 Å². The fourth-order valence-corrected chi connectivity index (χ4v) is 8.22. The molecule has 274 valence electrons. The molecule has 13 nitrogen and oxygen atoms in total. The Hall–Kier alpha value is -4.95. The summed E-state index contributed by atoms with van der Waals surface area (Å²) < 4.78 is 14.2. The molecule has 3 aromatic heterocycles. The SMILES string of the molecule is COc1nc(-c2cccc(-c3cccc(-c4cc5c(=O)n(C)c(CN6CC7(COC7)C6)nn5c4)c3Cl)c2Cl)ccc1CN(C[C@@H]1CCC(=O)N1)C(=O)O. The van der Waals surface area contributed by atoms with Gasteiger partial charge in [0.2, 0.25) is 11.8 Å². The topological polar surface area (TPSA) is 144 Å². The number of nitrogens with zero attached hydrogens (tertiary/aromatic N) is 6. The molecule has 0 unspecified atom stereocenters. The van der Waals surface area contributed by atoms with Gasteiger partial charge in [-0.2, -0.15) is 5.10 Å². The lowest BCUT2D eigenvalue weighted by atomic mass is 9.78. The van der Waals surface area contributed by atoms with E-state index in [1.165, 1.54) is 12.0 Å². The standard InChI is InChI=1S/C38H37Cl2N7O6/c1-44-31(17-45-18-38(19-45)20-53-21-38)43-47-15-23(13-30(47)36(44)49)25-5-3-6-26(33(25)39)27-7-4-8-28(34(27)40)29-11-9-22(35(42-29)52-2)14-46(37(50)51)16-24-10-12-32(48)41-24/h3-9,11,13,15,24H,10,12,14,16-21H2,1-2H3,(H,41,48)(H,50,51)/t24-/m0/s1. The number of hydrogen-bond acceptors (Lipinski definition) is 8. The number of likely N-dealkylation sites (tertiary alicyclic amines) is 1. The first-order valence-corrected chi connectivity index (χ1v) is 18.1. The van der Waals surface area contributed by atoms with Crippen LogP contribution >= 0.6 is 23.2 Å². The van der Waals surface area contributed by atoms with Crippen LogP contribution in [0.2, 0.25) is 10.0 Å². The summed E-state index contributed by atoms with van der Waals surface area (Å²) in [4.78, 5) is 45.4. The van der Waals surface area contributed by atoms with E-state index in [9.17, 15) is 19.5 Å². The summed E-state index contributed by atoms with van der Waals surface area (Å²) in [6, 6.07) is 16.4. The van der Waals surface area contributed by atoms with E-state index >= 15 is 0 Å². The van der Waals surface area contributed by atoms with E-state index in [1.807, 2.05) is 42.6 Å². The molecule has 5 aromatic rings. The minimum Gasteiger partial charge on any atom is -0.481 e. The van der Waals surface area contributed by atoms with Gasteiger partial charge in [0.05, 0.1) is 49.2 Å². The van der Waals surface area contributed by atoms with Crippen LogP contribution in [-0.2, 0) is 29.7 Å². The molecule has 0 bridgehead atoms.